The van der Waals surface area contributed by atoms with E-state index in [0.717, 1.165) is 23.0 Å². The first-order chi connectivity index (χ1) is 12.3. The Hall–Kier alpha value is -2.19. The van der Waals surface area contributed by atoms with E-state index in [0.29, 0.717) is 11.7 Å². The number of fused-ring (bicyclic) bond motifs is 1. The van der Waals surface area contributed by atoms with Gasteiger partial charge in [0.05, 0.1) is 6.04 Å². The summed E-state index contributed by atoms with van der Waals surface area (Å²) in [6.45, 7) is 0.935. The van der Waals surface area contributed by atoms with Gasteiger partial charge >= 0.3 is 6.18 Å². The van der Waals surface area contributed by atoms with Gasteiger partial charge < -0.3 is 9.53 Å². The largest absolute Gasteiger partial charge is 0.468 e. The molecule has 0 aromatic carbocycles. The molecule has 0 radical (unpaired) electrons. The van der Waals surface area contributed by atoms with E-state index in [9.17, 15) is 18.0 Å². The standard InChI is InChI=1S/C17H15ClF3N3O2/c1-10(11-2-3-15(23-6-11)26-9-17(19,20)21)24-7-13-12(14(24)8-25)4-5-22-16(13)18/h2-6,8,10,14H,7,9H2,1H3. The van der Waals surface area contributed by atoms with Crippen LogP contribution in [0.5, 0.6) is 5.88 Å². The van der Waals surface area contributed by atoms with Gasteiger partial charge in [0, 0.05) is 36.6 Å². The average molecular weight is 386 g/mol. The highest BCUT2D eigenvalue weighted by atomic mass is 35.5. The molecular formula is C17H15ClF3N3O2. The maximum atomic E-state index is 12.2. The van der Waals surface area contributed by atoms with E-state index in [2.05, 4.69) is 14.7 Å². The van der Waals surface area contributed by atoms with Crippen LogP contribution in [-0.4, -0.2) is 33.9 Å². The predicted molar refractivity (Wildman–Crippen MR) is 87.8 cm³/mol. The molecular weight excluding hydrogens is 371 g/mol. The maximum absolute atomic E-state index is 12.2. The number of ether oxygens (including phenoxy) is 1. The van der Waals surface area contributed by atoms with E-state index in [1.54, 1.807) is 18.3 Å². The van der Waals surface area contributed by atoms with E-state index >= 15 is 0 Å². The normalized spacial score (nSPS) is 18.4. The van der Waals surface area contributed by atoms with E-state index < -0.39 is 18.8 Å². The van der Waals surface area contributed by atoms with Gasteiger partial charge in [-0.15, -0.1) is 0 Å². The molecule has 3 rings (SSSR count). The lowest BCUT2D eigenvalue weighted by molar-refractivity contribution is -0.154. The molecule has 3 heterocycles. The van der Waals surface area contributed by atoms with E-state index in [-0.39, 0.29) is 11.9 Å². The van der Waals surface area contributed by atoms with Gasteiger partial charge in [-0.1, -0.05) is 17.7 Å². The minimum absolute atomic E-state index is 0.109. The summed E-state index contributed by atoms with van der Waals surface area (Å²) >= 11 is 6.13. The van der Waals surface area contributed by atoms with Gasteiger partial charge in [-0.2, -0.15) is 13.2 Å². The van der Waals surface area contributed by atoms with Crippen LogP contribution in [0.4, 0.5) is 13.2 Å². The second-order valence-electron chi connectivity index (χ2n) is 5.93. The minimum Gasteiger partial charge on any atom is -0.468 e. The Balaban J connectivity index is 1.76. The molecule has 0 amide bonds. The zero-order valence-corrected chi connectivity index (χ0v) is 14.5. The number of pyridine rings is 2. The summed E-state index contributed by atoms with van der Waals surface area (Å²) in [6.07, 6.45) is -0.576. The highest BCUT2D eigenvalue weighted by Gasteiger charge is 2.35. The third kappa shape index (κ3) is 3.81. The second kappa shape index (κ2) is 7.20. The van der Waals surface area contributed by atoms with Gasteiger partial charge in [0.1, 0.15) is 11.4 Å². The Kier molecular flexibility index (Phi) is 5.15. The smallest absolute Gasteiger partial charge is 0.422 e. The molecule has 1 aliphatic heterocycles. The fourth-order valence-corrected chi connectivity index (χ4v) is 3.20. The molecule has 0 N–H and O–H groups in total. The summed E-state index contributed by atoms with van der Waals surface area (Å²) in [5.41, 5.74) is 2.36. The number of nitrogens with zero attached hydrogens (tertiary/aromatic N) is 3. The fraction of sp³-hybridized carbons (Fsp3) is 0.353. The van der Waals surface area contributed by atoms with Crippen molar-refractivity contribution in [3.05, 3.63) is 52.4 Å². The summed E-state index contributed by atoms with van der Waals surface area (Å²) < 4.78 is 41.2. The Morgan fingerprint density at radius 1 is 1.38 bits per heavy atom. The minimum atomic E-state index is -4.42. The molecule has 0 spiro atoms. The van der Waals surface area contributed by atoms with Crippen molar-refractivity contribution in [1.29, 1.82) is 0 Å². The molecule has 2 unspecified atom stereocenters. The zero-order valence-electron chi connectivity index (χ0n) is 13.7. The van der Waals surface area contributed by atoms with Crippen molar-refractivity contribution in [3.8, 4) is 5.88 Å². The number of hydrogen-bond acceptors (Lipinski definition) is 5. The lowest BCUT2D eigenvalue weighted by Crippen LogP contribution is -2.26. The average Bonchev–Trinajstić information content (AvgIpc) is 2.99. The molecule has 2 atom stereocenters. The van der Waals surface area contributed by atoms with Gasteiger partial charge in [0.25, 0.3) is 0 Å². The third-order valence-electron chi connectivity index (χ3n) is 4.31. The third-order valence-corrected chi connectivity index (χ3v) is 4.63. The summed E-state index contributed by atoms with van der Waals surface area (Å²) in [5.74, 6) is -0.109. The summed E-state index contributed by atoms with van der Waals surface area (Å²) in [5, 5.41) is 0.359. The van der Waals surface area contributed by atoms with Crippen LogP contribution < -0.4 is 4.74 Å². The van der Waals surface area contributed by atoms with Gasteiger partial charge in [0.2, 0.25) is 5.88 Å². The van der Waals surface area contributed by atoms with Gasteiger partial charge in [-0.25, -0.2) is 9.97 Å². The number of rotatable bonds is 5. The van der Waals surface area contributed by atoms with Gasteiger partial charge in [-0.3, -0.25) is 4.90 Å². The fourth-order valence-electron chi connectivity index (χ4n) is 2.97. The number of aromatic nitrogens is 2. The maximum Gasteiger partial charge on any atom is 0.422 e. The van der Waals surface area contributed by atoms with Crippen LogP contribution in [0.2, 0.25) is 5.15 Å². The first-order valence-electron chi connectivity index (χ1n) is 7.80. The summed E-state index contributed by atoms with van der Waals surface area (Å²) in [7, 11) is 0. The Bertz CT molecular complexity index is 799. The van der Waals surface area contributed by atoms with Crippen molar-refractivity contribution in [2.45, 2.75) is 31.7 Å². The molecule has 0 aliphatic carbocycles. The lowest BCUT2D eigenvalue weighted by Gasteiger charge is -2.28. The Morgan fingerprint density at radius 3 is 2.77 bits per heavy atom. The number of carbonyl (C=O) groups is 1. The topological polar surface area (TPSA) is 55.3 Å². The monoisotopic (exact) mass is 385 g/mol. The number of carbonyl (C=O) groups excluding carboxylic acids is 1. The summed E-state index contributed by atoms with van der Waals surface area (Å²) in [6, 6.07) is 4.10. The first-order valence-corrected chi connectivity index (χ1v) is 8.18. The number of aldehydes is 1. The number of hydrogen-bond donors (Lipinski definition) is 0. The van der Waals surface area contributed by atoms with E-state index in [1.165, 1.54) is 12.3 Å². The van der Waals surface area contributed by atoms with Crippen molar-refractivity contribution in [2.24, 2.45) is 0 Å². The Morgan fingerprint density at radius 2 is 2.15 bits per heavy atom. The SMILES string of the molecule is CC(c1ccc(OCC(F)(F)F)nc1)N1Cc2c(ccnc2Cl)C1C=O. The molecule has 0 bridgehead atoms. The van der Waals surface area contributed by atoms with Crippen molar-refractivity contribution in [1.82, 2.24) is 14.9 Å². The molecule has 2 aromatic rings. The highest BCUT2D eigenvalue weighted by molar-refractivity contribution is 6.30. The molecule has 2 aromatic heterocycles. The quantitative estimate of drug-likeness (QED) is 0.577. The second-order valence-corrected chi connectivity index (χ2v) is 6.29. The van der Waals surface area contributed by atoms with Crippen molar-refractivity contribution >= 4 is 17.9 Å². The molecule has 1 aliphatic rings. The molecule has 0 fully saturated rings. The molecule has 138 valence electrons. The van der Waals surface area contributed by atoms with Crippen LogP contribution in [0.25, 0.3) is 0 Å². The summed E-state index contributed by atoms with van der Waals surface area (Å²) in [4.78, 5) is 21.5. The first kappa shape index (κ1) is 18.6. The van der Waals surface area contributed by atoms with Crippen LogP contribution in [-0.2, 0) is 11.3 Å². The zero-order chi connectivity index (χ0) is 18.9. The van der Waals surface area contributed by atoms with Crippen LogP contribution in [0.3, 0.4) is 0 Å². The van der Waals surface area contributed by atoms with Gasteiger partial charge in [0.15, 0.2) is 6.61 Å². The van der Waals surface area contributed by atoms with Crippen molar-refractivity contribution < 1.29 is 22.7 Å². The van der Waals surface area contributed by atoms with Crippen LogP contribution in [0.15, 0.2) is 30.6 Å². The molecule has 0 saturated heterocycles. The van der Waals surface area contributed by atoms with Crippen molar-refractivity contribution in [2.75, 3.05) is 6.61 Å². The van der Waals surface area contributed by atoms with Crippen LogP contribution >= 0.6 is 11.6 Å². The van der Waals surface area contributed by atoms with E-state index in [1.807, 2.05) is 11.8 Å². The molecule has 9 heteroatoms. The molecule has 26 heavy (non-hydrogen) atoms. The molecule has 5 nitrogen and oxygen atoms in total. The number of halogens is 4. The van der Waals surface area contributed by atoms with Crippen LogP contribution in [0, 0.1) is 0 Å². The number of alkyl halides is 3. The van der Waals surface area contributed by atoms with Crippen LogP contribution in [0.1, 0.15) is 35.7 Å². The van der Waals surface area contributed by atoms with Crippen molar-refractivity contribution in [3.63, 3.8) is 0 Å². The van der Waals surface area contributed by atoms with Gasteiger partial charge in [-0.05, 0) is 24.1 Å². The lowest BCUT2D eigenvalue weighted by atomic mass is 10.1. The predicted octanol–water partition coefficient (Wildman–Crippen LogP) is 3.89. The van der Waals surface area contributed by atoms with E-state index in [4.69, 9.17) is 11.6 Å². The molecule has 0 saturated carbocycles. The Labute approximate surface area is 152 Å². The highest BCUT2D eigenvalue weighted by Crippen LogP contribution is 2.40.